The van der Waals surface area contributed by atoms with E-state index in [4.69, 9.17) is 4.74 Å². The van der Waals surface area contributed by atoms with Gasteiger partial charge in [0, 0.05) is 35.1 Å². The molecule has 0 saturated carbocycles. The number of nitro benzene ring substituents is 1. The Hall–Kier alpha value is -3.15. The molecule has 128 valence electrons. The molecule has 0 atom stereocenters. The maximum absolute atomic E-state index is 11.0. The van der Waals surface area contributed by atoms with Crippen molar-refractivity contribution < 1.29 is 9.66 Å². The van der Waals surface area contributed by atoms with Crippen LogP contribution in [0.1, 0.15) is 19.8 Å². The summed E-state index contributed by atoms with van der Waals surface area (Å²) in [6, 6.07) is 14.1. The lowest BCUT2D eigenvalue weighted by molar-refractivity contribution is -0.384. The average Bonchev–Trinajstić information content (AvgIpc) is 2.63. The molecule has 0 aliphatic rings. The number of fused-ring (bicyclic) bond motifs is 1. The van der Waals surface area contributed by atoms with Crippen LogP contribution in [0.2, 0.25) is 0 Å². The van der Waals surface area contributed by atoms with Gasteiger partial charge in [-0.25, -0.2) is 0 Å². The van der Waals surface area contributed by atoms with Gasteiger partial charge in [0.25, 0.3) is 5.69 Å². The van der Waals surface area contributed by atoms with Crippen LogP contribution in [-0.2, 0) is 0 Å². The zero-order chi connectivity index (χ0) is 17.6. The number of nitrogens with one attached hydrogen (secondary N) is 1. The minimum Gasteiger partial charge on any atom is -0.494 e. The number of nitro groups is 1. The second-order valence-electron chi connectivity index (χ2n) is 5.67. The summed E-state index contributed by atoms with van der Waals surface area (Å²) in [5, 5.41) is 15.0. The van der Waals surface area contributed by atoms with Crippen molar-refractivity contribution in [1.29, 1.82) is 0 Å². The molecule has 0 saturated heterocycles. The fraction of sp³-hybridized carbons (Fsp3) is 0.211. The zero-order valence-electron chi connectivity index (χ0n) is 13.9. The van der Waals surface area contributed by atoms with E-state index in [2.05, 4.69) is 17.2 Å². The normalized spacial score (nSPS) is 10.6. The van der Waals surface area contributed by atoms with E-state index in [1.165, 1.54) is 12.1 Å². The Morgan fingerprint density at radius 1 is 1.16 bits per heavy atom. The van der Waals surface area contributed by atoms with Gasteiger partial charge in [0.05, 0.1) is 17.0 Å². The molecule has 3 rings (SSSR count). The number of pyridine rings is 1. The largest absolute Gasteiger partial charge is 0.494 e. The maximum atomic E-state index is 11.0. The van der Waals surface area contributed by atoms with Gasteiger partial charge < -0.3 is 10.1 Å². The molecule has 0 unspecified atom stereocenters. The summed E-state index contributed by atoms with van der Waals surface area (Å²) in [4.78, 5) is 14.9. The van der Waals surface area contributed by atoms with Crippen LogP contribution in [0.25, 0.3) is 10.9 Å². The van der Waals surface area contributed by atoms with Gasteiger partial charge in [0.15, 0.2) is 0 Å². The van der Waals surface area contributed by atoms with Crippen LogP contribution >= 0.6 is 0 Å². The first kappa shape index (κ1) is 16.7. The summed E-state index contributed by atoms with van der Waals surface area (Å²) < 4.78 is 5.65. The first-order valence-electron chi connectivity index (χ1n) is 8.20. The Kier molecular flexibility index (Phi) is 5.09. The van der Waals surface area contributed by atoms with Crippen molar-refractivity contribution in [3.05, 3.63) is 64.8 Å². The average molecular weight is 337 g/mol. The van der Waals surface area contributed by atoms with Gasteiger partial charge >= 0.3 is 0 Å². The SMILES string of the molecule is CCCCOc1ccc(Nc2ccnc3ccc([N+](=O)[O-])cc23)cc1. The third kappa shape index (κ3) is 4.03. The highest BCUT2D eigenvalue weighted by molar-refractivity contribution is 5.94. The Bertz CT molecular complexity index is 879. The summed E-state index contributed by atoms with van der Waals surface area (Å²) in [6.07, 6.45) is 3.81. The molecule has 3 aromatic rings. The number of aromatic nitrogens is 1. The molecule has 0 bridgehead atoms. The van der Waals surface area contributed by atoms with Crippen LogP contribution in [0, 0.1) is 10.1 Å². The molecule has 0 aliphatic heterocycles. The number of nitrogens with zero attached hydrogens (tertiary/aromatic N) is 2. The molecule has 1 aromatic heterocycles. The molecule has 0 spiro atoms. The van der Waals surface area contributed by atoms with Crippen molar-refractivity contribution in [2.24, 2.45) is 0 Å². The highest BCUT2D eigenvalue weighted by Crippen LogP contribution is 2.29. The number of anilines is 2. The van der Waals surface area contributed by atoms with Crippen LogP contribution in [-0.4, -0.2) is 16.5 Å². The van der Waals surface area contributed by atoms with E-state index < -0.39 is 4.92 Å². The third-order valence-corrected chi connectivity index (χ3v) is 3.84. The molecule has 6 heteroatoms. The molecule has 0 aliphatic carbocycles. The predicted octanol–water partition coefficient (Wildman–Crippen LogP) is 5.07. The van der Waals surface area contributed by atoms with Crippen LogP contribution < -0.4 is 10.1 Å². The van der Waals surface area contributed by atoms with Gasteiger partial charge in [-0.15, -0.1) is 0 Å². The maximum Gasteiger partial charge on any atom is 0.270 e. The molecule has 2 aromatic carbocycles. The van der Waals surface area contributed by atoms with E-state index in [9.17, 15) is 10.1 Å². The number of ether oxygens (including phenoxy) is 1. The minimum atomic E-state index is -0.404. The van der Waals surface area contributed by atoms with E-state index in [0.717, 1.165) is 30.0 Å². The lowest BCUT2D eigenvalue weighted by atomic mass is 10.1. The smallest absolute Gasteiger partial charge is 0.270 e. The third-order valence-electron chi connectivity index (χ3n) is 3.84. The molecular weight excluding hydrogens is 318 g/mol. The van der Waals surface area contributed by atoms with Crippen molar-refractivity contribution in [3.8, 4) is 5.75 Å². The Morgan fingerprint density at radius 3 is 2.68 bits per heavy atom. The second kappa shape index (κ2) is 7.61. The molecule has 0 amide bonds. The Balaban J connectivity index is 1.82. The highest BCUT2D eigenvalue weighted by Gasteiger charge is 2.10. The zero-order valence-corrected chi connectivity index (χ0v) is 13.9. The van der Waals surface area contributed by atoms with Crippen LogP contribution in [0.15, 0.2) is 54.7 Å². The van der Waals surface area contributed by atoms with Gasteiger partial charge in [0.1, 0.15) is 5.75 Å². The molecule has 1 heterocycles. The van der Waals surface area contributed by atoms with Crippen LogP contribution in [0.4, 0.5) is 17.1 Å². The van der Waals surface area contributed by atoms with Gasteiger partial charge in [-0.05, 0) is 42.8 Å². The van der Waals surface area contributed by atoms with Crippen LogP contribution in [0.5, 0.6) is 5.75 Å². The van der Waals surface area contributed by atoms with Gasteiger partial charge in [0.2, 0.25) is 0 Å². The van der Waals surface area contributed by atoms with Gasteiger partial charge in [-0.2, -0.15) is 0 Å². The molecular formula is C19H19N3O3. The molecule has 25 heavy (non-hydrogen) atoms. The minimum absolute atomic E-state index is 0.0447. The summed E-state index contributed by atoms with van der Waals surface area (Å²) in [6.45, 7) is 2.84. The van der Waals surface area contributed by atoms with E-state index in [-0.39, 0.29) is 5.69 Å². The second-order valence-corrected chi connectivity index (χ2v) is 5.67. The summed E-state index contributed by atoms with van der Waals surface area (Å²) in [5.74, 6) is 0.828. The number of benzene rings is 2. The molecule has 0 fully saturated rings. The van der Waals surface area contributed by atoms with E-state index in [1.807, 2.05) is 24.3 Å². The number of non-ortho nitro benzene ring substituents is 1. The Labute approximate surface area is 145 Å². The summed E-state index contributed by atoms with van der Waals surface area (Å²) in [7, 11) is 0. The first-order chi connectivity index (χ1) is 12.2. The summed E-state index contributed by atoms with van der Waals surface area (Å²) in [5.41, 5.74) is 2.40. The lowest BCUT2D eigenvalue weighted by Gasteiger charge is -2.11. The van der Waals surface area contributed by atoms with Gasteiger partial charge in [-0.3, -0.25) is 15.1 Å². The number of rotatable bonds is 7. The fourth-order valence-electron chi connectivity index (χ4n) is 2.48. The molecule has 0 radical (unpaired) electrons. The monoisotopic (exact) mass is 337 g/mol. The van der Waals surface area contributed by atoms with Crippen molar-refractivity contribution >= 4 is 28.0 Å². The topological polar surface area (TPSA) is 77.3 Å². The van der Waals surface area contributed by atoms with E-state index in [0.29, 0.717) is 17.5 Å². The first-order valence-corrected chi connectivity index (χ1v) is 8.20. The highest BCUT2D eigenvalue weighted by atomic mass is 16.6. The van der Waals surface area contributed by atoms with Crippen molar-refractivity contribution in [1.82, 2.24) is 4.98 Å². The Morgan fingerprint density at radius 2 is 1.96 bits per heavy atom. The van der Waals surface area contributed by atoms with Crippen LogP contribution in [0.3, 0.4) is 0 Å². The molecule has 6 nitrogen and oxygen atoms in total. The van der Waals surface area contributed by atoms with E-state index >= 15 is 0 Å². The lowest BCUT2D eigenvalue weighted by Crippen LogP contribution is -1.97. The van der Waals surface area contributed by atoms with Crippen molar-refractivity contribution in [2.75, 3.05) is 11.9 Å². The van der Waals surface area contributed by atoms with E-state index in [1.54, 1.807) is 18.3 Å². The quantitative estimate of drug-likeness (QED) is 0.370. The summed E-state index contributed by atoms with van der Waals surface area (Å²) >= 11 is 0. The standard InChI is InChI=1S/C19H19N3O3/c1-2-3-12-25-16-7-4-14(5-8-16)21-19-10-11-20-18-9-6-15(22(23)24)13-17(18)19/h4-11,13H,2-3,12H2,1H3,(H,20,21). The van der Waals surface area contributed by atoms with Gasteiger partial charge in [-0.1, -0.05) is 13.3 Å². The molecule has 1 N–H and O–H groups in total. The number of hydrogen-bond donors (Lipinski definition) is 1. The number of hydrogen-bond acceptors (Lipinski definition) is 5. The van der Waals surface area contributed by atoms with Crippen molar-refractivity contribution in [2.45, 2.75) is 19.8 Å². The van der Waals surface area contributed by atoms with Crippen molar-refractivity contribution in [3.63, 3.8) is 0 Å². The fourth-order valence-corrected chi connectivity index (χ4v) is 2.48. The predicted molar refractivity (Wildman–Crippen MR) is 98.5 cm³/mol. The number of unbranched alkanes of at least 4 members (excludes halogenated alkanes) is 1.